The zero-order valence-corrected chi connectivity index (χ0v) is 17.2. The van der Waals surface area contributed by atoms with Crippen LogP contribution in [0.25, 0.3) is 0 Å². The van der Waals surface area contributed by atoms with Gasteiger partial charge >= 0.3 is 0 Å². The fraction of sp³-hybridized carbons (Fsp3) is 0.600. The number of benzene rings is 1. The Balaban J connectivity index is 1.69. The van der Waals surface area contributed by atoms with Gasteiger partial charge in [-0.25, -0.2) is 0 Å². The van der Waals surface area contributed by atoms with Gasteiger partial charge in [-0.15, -0.1) is 0 Å². The molecule has 2 amide bonds. The highest BCUT2D eigenvalue weighted by molar-refractivity contribution is 9.10. The lowest BCUT2D eigenvalue weighted by Crippen LogP contribution is -2.50. The SMILES string of the molecule is CC1CCc2cc(C(=O)NCC3C(=O)NC(C)CC3C)cc(Br)c2OC1. The minimum Gasteiger partial charge on any atom is -0.492 e. The van der Waals surface area contributed by atoms with Crippen molar-refractivity contribution >= 4 is 27.7 Å². The third-order valence-electron chi connectivity index (χ3n) is 5.42. The highest BCUT2D eigenvalue weighted by Gasteiger charge is 2.32. The summed E-state index contributed by atoms with van der Waals surface area (Å²) < 4.78 is 6.70. The van der Waals surface area contributed by atoms with Crippen molar-refractivity contribution in [3.05, 3.63) is 27.7 Å². The number of nitrogens with one attached hydrogen (secondary N) is 2. The monoisotopic (exact) mass is 422 g/mol. The summed E-state index contributed by atoms with van der Waals surface area (Å²) >= 11 is 3.54. The van der Waals surface area contributed by atoms with E-state index in [0.717, 1.165) is 35.0 Å². The molecule has 1 aromatic carbocycles. The quantitative estimate of drug-likeness (QED) is 0.784. The second-order valence-corrected chi connectivity index (χ2v) is 8.69. The normalized spacial score (nSPS) is 28.4. The van der Waals surface area contributed by atoms with Gasteiger partial charge in [0.1, 0.15) is 5.75 Å². The predicted octanol–water partition coefficient (Wildman–Crippen LogP) is 3.30. The lowest BCUT2D eigenvalue weighted by atomic mass is 9.84. The zero-order chi connectivity index (χ0) is 18.8. The van der Waals surface area contributed by atoms with Crippen LogP contribution in [0.15, 0.2) is 16.6 Å². The second kappa shape index (κ2) is 7.99. The molecule has 142 valence electrons. The molecule has 6 heteroatoms. The molecule has 0 aliphatic carbocycles. The van der Waals surface area contributed by atoms with Gasteiger partial charge in [-0.2, -0.15) is 0 Å². The van der Waals surface area contributed by atoms with Gasteiger partial charge in [0.05, 0.1) is 17.0 Å². The third-order valence-corrected chi connectivity index (χ3v) is 6.01. The molecule has 0 spiro atoms. The number of aryl methyl sites for hydroxylation is 1. The van der Waals surface area contributed by atoms with Gasteiger partial charge in [-0.05, 0) is 71.6 Å². The number of ether oxygens (including phenoxy) is 1. The first kappa shape index (κ1) is 19.2. The van der Waals surface area contributed by atoms with E-state index in [1.54, 1.807) is 6.07 Å². The van der Waals surface area contributed by atoms with Crippen LogP contribution >= 0.6 is 15.9 Å². The molecule has 0 radical (unpaired) electrons. The molecule has 4 unspecified atom stereocenters. The van der Waals surface area contributed by atoms with Gasteiger partial charge < -0.3 is 15.4 Å². The summed E-state index contributed by atoms with van der Waals surface area (Å²) in [4.78, 5) is 24.8. The Kier molecular flexibility index (Phi) is 5.90. The summed E-state index contributed by atoms with van der Waals surface area (Å²) in [7, 11) is 0. The number of halogens is 1. The molecule has 2 N–H and O–H groups in total. The van der Waals surface area contributed by atoms with E-state index in [-0.39, 0.29) is 29.7 Å². The lowest BCUT2D eigenvalue weighted by molar-refractivity contribution is -0.129. The van der Waals surface area contributed by atoms with E-state index >= 15 is 0 Å². The summed E-state index contributed by atoms with van der Waals surface area (Å²) in [6.45, 7) is 7.32. The first-order valence-corrected chi connectivity index (χ1v) is 10.2. The van der Waals surface area contributed by atoms with E-state index in [1.165, 1.54) is 0 Å². The van der Waals surface area contributed by atoms with Crippen LogP contribution in [-0.4, -0.2) is 31.0 Å². The third kappa shape index (κ3) is 4.22. The van der Waals surface area contributed by atoms with Crippen molar-refractivity contribution in [2.45, 2.75) is 46.1 Å². The Labute approximate surface area is 163 Å². The molecule has 4 atom stereocenters. The summed E-state index contributed by atoms with van der Waals surface area (Å²) in [6, 6.07) is 3.92. The maximum Gasteiger partial charge on any atom is 0.251 e. The summed E-state index contributed by atoms with van der Waals surface area (Å²) in [5, 5.41) is 5.91. The molecular weight excluding hydrogens is 396 g/mol. The van der Waals surface area contributed by atoms with Crippen LogP contribution in [0.4, 0.5) is 0 Å². The van der Waals surface area contributed by atoms with Gasteiger partial charge in [0, 0.05) is 18.2 Å². The lowest BCUT2D eigenvalue weighted by Gasteiger charge is -2.32. The smallest absolute Gasteiger partial charge is 0.251 e. The number of fused-ring (bicyclic) bond motifs is 1. The molecule has 0 aromatic heterocycles. The summed E-state index contributed by atoms with van der Waals surface area (Å²) in [6.07, 6.45) is 2.88. The van der Waals surface area contributed by atoms with Crippen molar-refractivity contribution in [2.24, 2.45) is 17.8 Å². The number of piperidine rings is 1. The Morgan fingerprint density at radius 2 is 2.12 bits per heavy atom. The zero-order valence-electron chi connectivity index (χ0n) is 15.6. The fourth-order valence-corrected chi connectivity index (χ4v) is 4.44. The van der Waals surface area contributed by atoms with E-state index in [0.29, 0.717) is 24.6 Å². The second-order valence-electron chi connectivity index (χ2n) is 7.84. The largest absolute Gasteiger partial charge is 0.492 e. The molecule has 2 aliphatic rings. The van der Waals surface area contributed by atoms with Gasteiger partial charge in [0.25, 0.3) is 5.91 Å². The molecule has 2 aliphatic heterocycles. The molecular formula is C20H27BrN2O3. The minimum absolute atomic E-state index is 0.0297. The number of hydrogen-bond donors (Lipinski definition) is 2. The molecule has 1 aromatic rings. The Hall–Kier alpha value is -1.56. The number of hydrogen-bond acceptors (Lipinski definition) is 3. The molecule has 1 saturated heterocycles. The Bertz CT molecular complexity index is 707. The molecule has 26 heavy (non-hydrogen) atoms. The molecule has 0 bridgehead atoms. The van der Waals surface area contributed by atoms with Crippen LogP contribution in [-0.2, 0) is 11.2 Å². The predicted molar refractivity (Wildman–Crippen MR) is 104 cm³/mol. The maximum atomic E-state index is 12.6. The van der Waals surface area contributed by atoms with Crippen molar-refractivity contribution in [1.82, 2.24) is 10.6 Å². The van der Waals surface area contributed by atoms with Crippen LogP contribution in [0, 0.1) is 17.8 Å². The van der Waals surface area contributed by atoms with Crippen molar-refractivity contribution in [3.63, 3.8) is 0 Å². The number of carbonyl (C=O) groups is 2. The molecule has 5 nitrogen and oxygen atoms in total. The van der Waals surface area contributed by atoms with Gasteiger partial charge in [-0.1, -0.05) is 13.8 Å². The first-order chi connectivity index (χ1) is 12.3. The van der Waals surface area contributed by atoms with Crippen LogP contribution in [0.5, 0.6) is 5.75 Å². The minimum atomic E-state index is -0.177. The standard InChI is InChI=1S/C20H27BrN2O3/c1-11-4-5-14-7-15(8-17(21)18(14)26-10-11)19(24)22-9-16-12(2)6-13(3)23-20(16)25/h7-8,11-13,16H,4-6,9-10H2,1-3H3,(H,22,24)(H,23,25). The average molecular weight is 423 g/mol. The Morgan fingerprint density at radius 3 is 2.85 bits per heavy atom. The van der Waals surface area contributed by atoms with Gasteiger partial charge in [0.2, 0.25) is 5.91 Å². The van der Waals surface area contributed by atoms with Crippen molar-refractivity contribution in [1.29, 1.82) is 0 Å². The van der Waals surface area contributed by atoms with Crippen LogP contribution in [0.2, 0.25) is 0 Å². The molecule has 0 saturated carbocycles. The average Bonchev–Trinajstić information content (AvgIpc) is 2.76. The maximum absolute atomic E-state index is 12.6. The summed E-state index contributed by atoms with van der Waals surface area (Å²) in [5.41, 5.74) is 1.66. The number of rotatable bonds is 3. The van der Waals surface area contributed by atoms with E-state index in [2.05, 4.69) is 40.4 Å². The van der Waals surface area contributed by atoms with Crippen molar-refractivity contribution < 1.29 is 14.3 Å². The van der Waals surface area contributed by atoms with Crippen molar-refractivity contribution in [2.75, 3.05) is 13.2 Å². The van der Waals surface area contributed by atoms with E-state index in [4.69, 9.17) is 4.74 Å². The summed E-state index contributed by atoms with van der Waals surface area (Å²) in [5.74, 6) is 1.31. The van der Waals surface area contributed by atoms with Crippen LogP contribution < -0.4 is 15.4 Å². The van der Waals surface area contributed by atoms with Crippen LogP contribution in [0.1, 0.15) is 49.5 Å². The fourth-order valence-electron chi connectivity index (χ4n) is 3.83. The van der Waals surface area contributed by atoms with Gasteiger partial charge in [0.15, 0.2) is 0 Å². The molecule has 2 heterocycles. The van der Waals surface area contributed by atoms with E-state index in [9.17, 15) is 9.59 Å². The highest BCUT2D eigenvalue weighted by Crippen LogP contribution is 2.35. The Morgan fingerprint density at radius 1 is 1.35 bits per heavy atom. The van der Waals surface area contributed by atoms with E-state index in [1.807, 2.05) is 13.0 Å². The van der Waals surface area contributed by atoms with Crippen molar-refractivity contribution in [3.8, 4) is 5.75 Å². The van der Waals surface area contributed by atoms with Gasteiger partial charge in [-0.3, -0.25) is 9.59 Å². The first-order valence-electron chi connectivity index (χ1n) is 9.39. The number of carbonyl (C=O) groups excluding carboxylic acids is 2. The molecule has 1 fully saturated rings. The van der Waals surface area contributed by atoms with Crippen LogP contribution in [0.3, 0.4) is 0 Å². The molecule has 3 rings (SSSR count). The number of amides is 2. The highest BCUT2D eigenvalue weighted by atomic mass is 79.9. The van der Waals surface area contributed by atoms with E-state index < -0.39 is 0 Å². The topological polar surface area (TPSA) is 67.4 Å².